The maximum atomic E-state index is 10.9. The second-order valence-electron chi connectivity index (χ2n) is 6.49. The van der Waals surface area contributed by atoms with E-state index < -0.39 is 24.1 Å². The zero-order valence-corrected chi connectivity index (χ0v) is 15.6. The summed E-state index contributed by atoms with van der Waals surface area (Å²) in [6.45, 7) is 7.94. The van der Waals surface area contributed by atoms with Crippen LogP contribution in [0.3, 0.4) is 0 Å². The summed E-state index contributed by atoms with van der Waals surface area (Å²) in [5, 5.41) is 17.4. The molecule has 2 N–H and O–H groups in total. The van der Waals surface area contributed by atoms with Gasteiger partial charge in [0, 0.05) is 7.11 Å². The van der Waals surface area contributed by atoms with Crippen molar-refractivity contribution in [3.05, 3.63) is 35.9 Å². The third-order valence-corrected chi connectivity index (χ3v) is 3.36. The third-order valence-electron chi connectivity index (χ3n) is 3.36. The van der Waals surface area contributed by atoms with E-state index in [0.717, 1.165) is 5.56 Å². The molecular weight excluding hydrogens is 324 g/mol. The second-order valence-corrected chi connectivity index (χ2v) is 6.49. The number of methoxy groups -OCH3 is 1. The summed E-state index contributed by atoms with van der Waals surface area (Å²) in [5.41, 5.74) is 0.998. The lowest BCUT2D eigenvalue weighted by molar-refractivity contribution is -0.152. The maximum Gasteiger partial charge on any atom is 0.333 e. The summed E-state index contributed by atoms with van der Waals surface area (Å²) in [7, 11) is 1.40. The van der Waals surface area contributed by atoms with Crippen molar-refractivity contribution in [1.29, 1.82) is 0 Å². The Morgan fingerprint density at radius 2 is 1.56 bits per heavy atom. The van der Waals surface area contributed by atoms with Crippen LogP contribution in [0.4, 0.5) is 0 Å². The van der Waals surface area contributed by atoms with Crippen LogP contribution < -0.4 is 0 Å². The Labute approximate surface area is 149 Å². The molecule has 1 aromatic carbocycles. The van der Waals surface area contributed by atoms with Gasteiger partial charge in [-0.05, 0) is 23.8 Å². The van der Waals surface area contributed by atoms with Crippen LogP contribution in [0.2, 0.25) is 0 Å². The van der Waals surface area contributed by atoms with E-state index in [2.05, 4.69) is 4.74 Å². The van der Waals surface area contributed by atoms with Crippen LogP contribution in [-0.2, 0) is 25.7 Å². The number of carboxylic acids is 2. The van der Waals surface area contributed by atoms with Crippen molar-refractivity contribution in [2.75, 3.05) is 7.11 Å². The van der Waals surface area contributed by atoms with E-state index in [1.807, 2.05) is 58.0 Å². The zero-order chi connectivity index (χ0) is 19.4. The molecule has 6 heteroatoms. The first-order valence-electron chi connectivity index (χ1n) is 8.32. The van der Waals surface area contributed by atoms with Crippen LogP contribution in [0.5, 0.6) is 0 Å². The van der Waals surface area contributed by atoms with E-state index in [0.29, 0.717) is 18.9 Å². The fourth-order valence-electron chi connectivity index (χ4n) is 2.10. The Hall–Kier alpha value is -1.92. The fourth-order valence-corrected chi connectivity index (χ4v) is 2.10. The van der Waals surface area contributed by atoms with E-state index in [1.54, 1.807) is 0 Å². The lowest BCUT2D eigenvalue weighted by Crippen LogP contribution is -2.27. The van der Waals surface area contributed by atoms with Gasteiger partial charge in [-0.3, -0.25) is 0 Å². The SMILES string of the molecule is CC(C)CC(OCc1ccccc1)C(=O)O.COC(C(=O)O)C(C)C. The number of aliphatic carboxylic acids is 2. The van der Waals surface area contributed by atoms with E-state index in [1.165, 1.54) is 7.11 Å². The monoisotopic (exact) mass is 354 g/mol. The smallest absolute Gasteiger partial charge is 0.333 e. The van der Waals surface area contributed by atoms with Gasteiger partial charge in [-0.1, -0.05) is 58.0 Å². The zero-order valence-electron chi connectivity index (χ0n) is 15.6. The van der Waals surface area contributed by atoms with Crippen LogP contribution in [0, 0.1) is 11.8 Å². The Bertz CT molecular complexity index is 498. The highest BCUT2D eigenvalue weighted by Crippen LogP contribution is 2.11. The topological polar surface area (TPSA) is 93.1 Å². The molecule has 0 saturated carbocycles. The maximum absolute atomic E-state index is 10.9. The van der Waals surface area contributed by atoms with E-state index in [9.17, 15) is 9.59 Å². The van der Waals surface area contributed by atoms with Gasteiger partial charge in [0.2, 0.25) is 0 Å². The fraction of sp³-hybridized carbons (Fsp3) is 0.579. The number of benzene rings is 1. The molecule has 0 spiro atoms. The van der Waals surface area contributed by atoms with Gasteiger partial charge in [-0.15, -0.1) is 0 Å². The molecule has 25 heavy (non-hydrogen) atoms. The number of hydrogen-bond donors (Lipinski definition) is 2. The quantitative estimate of drug-likeness (QED) is 0.705. The Balaban J connectivity index is 0.000000547. The molecule has 1 rings (SSSR count). The van der Waals surface area contributed by atoms with E-state index >= 15 is 0 Å². The minimum atomic E-state index is -0.896. The highest BCUT2D eigenvalue weighted by Gasteiger charge is 2.20. The van der Waals surface area contributed by atoms with Crippen molar-refractivity contribution in [1.82, 2.24) is 0 Å². The molecule has 6 nitrogen and oxygen atoms in total. The average molecular weight is 354 g/mol. The molecule has 2 unspecified atom stereocenters. The van der Waals surface area contributed by atoms with Crippen molar-refractivity contribution in [2.45, 2.75) is 52.9 Å². The summed E-state index contributed by atoms with van der Waals surface area (Å²) in [6, 6.07) is 9.60. The molecule has 2 atom stereocenters. The molecule has 0 aromatic heterocycles. The molecule has 0 aliphatic carbocycles. The standard InChI is InChI=1S/C13H18O3.C6H12O3/c1-10(2)8-12(13(14)15)16-9-11-6-4-3-5-7-11;1-4(2)5(9-3)6(7)8/h3-7,10,12H,8-9H2,1-2H3,(H,14,15);4-5H,1-3H3,(H,7,8). The van der Waals surface area contributed by atoms with Crippen molar-refractivity contribution < 1.29 is 29.3 Å². The van der Waals surface area contributed by atoms with Crippen molar-refractivity contribution >= 4 is 11.9 Å². The molecule has 0 saturated heterocycles. The van der Waals surface area contributed by atoms with Crippen molar-refractivity contribution in [3.63, 3.8) is 0 Å². The molecule has 0 aliphatic heterocycles. The average Bonchev–Trinajstić information content (AvgIpc) is 2.52. The minimum Gasteiger partial charge on any atom is -0.479 e. The Morgan fingerprint density at radius 3 is 1.88 bits per heavy atom. The molecule has 1 aromatic rings. The van der Waals surface area contributed by atoms with Crippen LogP contribution in [0.1, 0.15) is 39.7 Å². The van der Waals surface area contributed by atoms with Gasteiger partial charge in [0.15, 0.2) is 12.2 Å². The number of ether oxygens (including phenoxy) is 2. The minimum absolute atomic E-state index is 0.0347. The number of carboxylic acid groups (broad SMARTS) is 2. The predicted molar refractivity (Wildman–Crippen MR) is 95.4 cm³/mol. The van der Waals surface area contributed by atoms with Gasteiger partial charge in [-0.25, -0.2) is 9.59 Å². The molecule has 0 radical (unpaired) electrons. The second kappa shape index (κ2) is 12.4. The molecule has 0 heterocycles. The normalized spacial score (nSPS) is 13.1. The van der Waals surface area contributed by atoms with Gasteiger partial charge in [0.25, 0.3) is 0 Å². The summed E-state index contributed by atoms with van der Waals surface area (Å²) >= 11 is 0. The summed E-state index contributed by atoms with van der Waals surface area (Å²) < 4.78 is 10.1. The van der Waals surface area contributed by atoms with Crippen LogP contribution in [0.15, 0.2) is 30.3 Å². The third kappa shape index (κ3) is 10.5. The van der Waals surface area contributed by atoms with E-state index in [4.69, 9.17) is 14.9 Å². The molecule has 0 bridgehead atoms. The first-order valence-corrected chi connectivity index (χ1v) is 8.32. The van der Waals surface area contributed by atoms with Gasteiger partial charge in [0.1, 0.15) is 0 Å². The van der Waals surface area contributed by atoms with Gasteiger partial charge >= 0.3 is 11.9 Å². The number of rotatable bonds is 9. The lowest BCUT2D eigenvalue weighted by Gasteiger charge is -2.15. The highest BCUT2D eigenvalue weighted by atomic mass is 16.5. The lowest BCUT2D eigenvalue weighted by atomic mass is 10.1. The van der Waals surface area contributed by atoms with Crippen LogP contribution in [0.25, 0.3) is 0 Å². The van der Waals surface area contributed by atoms with Crippen molar-refractivity contribution in [2.24, 2.45) is 11.8 Å². The largest absolute Gasteiger partial charge is 0.479 e. The highest BCUT2D eigenvalue weighted by molar-refractivity contribution is 5.72. The Morgan fingerprint density at radius 1 is 1.00 bits per heavy atom. The van der Waals surface area contributed by atoms with Gasteiger partial charge in [0.05, 0.1) is 6.61 Å². The van der Waals surface area contributed by atoms with Gasteiger partial charge < -0.3 is 19.7 Å². The predicted octanol–water partition coefficient (Wildman–Crippen LogP) is 3.44. The molecule has 0 aliphatic rings. The van der Waals surface area contributed by atoms with Crippen LogP contribution in [-0.4, -0.2) is 41.5 Å². The number of hydrogen-bond acceptors (Lipinski definition) is 4. The van der Waals surface area contributed by atoms with Crippen molar-refractivity contribution in [3.8, 4) is 0 Å². The van der Waals surface area contributed by atoms with Gasteiger partial charge in [-0.2, -0.15) is 0 Å². The first kappa shape index (κ1) is 23.1. The molecule has 0 fully saturated rings. The molecular formula is C19H30O6. The molecule has 142 valence electrons. The molecule has 0 amide bonds. The summed E-state index contributed by atoms with van der Waals surface area (Å²) in [6.07, 6.45) is -0.826. The summed E-state index contributed by atoms with van der Waals surface area (Å²) in [5.74, 6) is -1.43. The first-order chi connectivity index (χ1) is 11.7. The number of carbonyl (C=O) groups is 2. The Kier molecular flexibility index (Phi) is 11.5. The summed E-state index contributed by atoms with van der Waals surface area (Å²) in [4.78, 5) is 21.2. The van der Waals surface area contributed by atoms with E-state index in [-0.39, 0.29) is 5.92 Å². The van der Waals surface area contributed by atoms with Crippen LogP contribution >= 0.6 is 0 Å².